The average molecular weight is 239 g/mol. The largest absolute Gasteiger partial charge is 0.309 e. The van der Waals surface area contributed by atoms with Gasteiger partial charge in [-0.25, -0.2) is 0 Å². The SMILES string of the molecule is CCNC(CC1CCCCC1)c1cnns1. The van der Waals surface area contributed by atoms with Crippen molar-refractivity contribution < 1.29 is 0 Å². The minimum atomic E-state index is 0.480. The van der Waals surface area contributed by atoms with Crippen molar-refractivity contribution in [3.8, 4) is 0 Å². The van der Waals surface area contributed by atoms with Crippen LogP contribution in [0.4, 0.5) is 0 Å². The molecule has 0 bridgehead atoms. The van der Waals surface area contributed by atoms with Crippen LogP contribution in [-0.4, -0.2) is 16.1 Å². The Labute approximate surface area is 102 Å². The van der Waals surface area contributed by atoms with Gasteiger partial charge in [-0.2, -0.15) is 0 Å². The van der Waals surface area contributed by atoms with Crippen LogP contribution in [0.25, 0.3) is 0 Å². The van der Waals surface area contributed by atoms with E-state index >= 15 is 0 Å². The van der Waals surface area contributed by atoms with Crippen molar-refractivity contribution in [1.29, 1.82) is 0 Å². The molecule has 1 aromatic heterocycles. The quantitative estimate of drug-likeness (QED) is 0.857. The molecular formula is C12H21N3S. The Morgan fingerprint density at radius 3 is 2.88 bits per heavy atom. The molecule has 1 heterocycles. The molecule has 1 saturated carbocycles. The second-order valence-electron chi connectivity index (χ2n) is 4.67. The van der Waals surface area contributed by atoms with Crippen LogP contribution in [0.3, 0.4) is 0 Å². The second kappa shape index (κ2) is 6.30. The van der Waals surface area contributed by atoms with Gasteiger partial charge in [0, 0.05) is 6.04 Å². The van der Waals surface area contributed by atoms with Crippen LogP contribution >= 0.6 is 11.5 Å². The fraction of sp³-hybridized carbons (Fsp3) is 0.833. The zero-order valence-electron chi connectivity index (χ0n) is 9.98. The molecule has 1 N–H and O–H groups in total. The first kappa shape index (κ1) is 12.0. The first-order chi connectivity index (χ1) is 7.90. The lowest BCUT2D eigenvalue weighted by molar-refractivity contribution is 0.303. The standard InChI is InChI=1S/C12H21N3S/c1-2-13-11(12-9-14-15-16-12)8-10-6-4-3-5-7-10/h9-11,13H,2-8H2,1H3. The highest BCUT2D eigenvalue weighted by atomic mass is 32.1. The van der Waals surface area contributed by atoms with Crippen molar-refractivity contribution in [2.24, 2.45) is 5.92 Å². The van der Waals surface area contributed by atoms with Crippen LogP contribution in [0.15, 0.2) is 6.20 Å². The van der Waals surface area contributed by atoms with Gasteiger partial charge in [0.15, 0.2) is 0 Å². The number of rotatable bonds is 5. The van der Waals surface area contributed by atoms with Crippen LogP contribution in [0, 0.1) is 5.92 Å². The Hall–Kier alpha value is -0.480. The van der Waals surface area contributed by atoms with Gasteiger partial charge in [-0.05, 0) is 30.4 Å². The van der Waals surface area contributed by atoms with Crippen LogP contribution in [0.1, 0.15) is 56.4 Å². The van der Waals surface area contributed by atoms with Crippen molar-refractivity contribution in [1.82, 2.24) is 14.9 Å². The molecule has 0 spiro atoms. The number of nitrogens with zero attached hydrogens (tertiary/aromatic N) is 2. The predicted octanol–water partition coefficient (Wildman–Crippen LogP) is 3.16. The maximum absolute atomic E-state index is 3.97. The molecule has 1 unspecified atom stereocenters. The fourth-order valence-electron chi connectivity index (χ4n) is 2.63. The fourth-order valence-corrected chi connectivity index (χ4v) is 3.22. The van der Waals surface area contributed by atoms with Gasteiger partial charge in [0.05, 0.1) is 11.1 Å². The van der Waals surface area contributed by atoms with Crippen LogP contribution in [0.2, 0.25) is 0 Å². The molecule has 0 amide bonds. The highest BCUT2D eigenvalue weighted by molar-refractivity contribution is 7.05. The first-order valence-electron chi connectivity index (χ1n) is 6.40. The van der Waals surface area contributed by atoms with E-state index in [9.17, 15) is 0 Å². The van der Waals surface area contributed by atoms with Crippen LogP contribution in [0.5, 0.6) is 0 Å². The van der Waals surface area contributed by atoms with Gasteiger partial charge in [0.25, 0.3) is 0 Å². The number of hydrogen-bond acceptors (Lipinski definition) is 4. The van der Waals surface area contributed by atoms with E-state index in [-0.39, 0.29) is 0 Å². The van der Waals surface area contributed by atoms with Crippen molar-refractivity contribution in [2.75, 3.05) is 6.54 Å². The molecular weight excluding hydrogens is 218 g/mol. The summed E-state index contributed by atoms with van der Waals surface area (Å²) in [5.74, 6) is 0.903. The lowest BCUT2D eigenvalue weighted by Crippen LogP contribution is -2.23. The van der Waals surface area contributed by atoms with E-state index in [0.717, 1.165) is 12.5 Å². The Kier molecular flexibility index (Phi) is 4.72. The minimum Gasteiger partial charge on any atom is -0.309 e. The summed E-state index contributed by atoms with van der Waals surface area (Å²) in [5, 5.41) is 7.51. The number of nitrogens with one attached hydrogen (secondary N) is 1. The highest BCUT2D eigenvalue weighted by Gasteiger charge is 2.20. The van der Waals surface area contributed by atoms with Crippen LogP contribution < -0.4 is 5.32 Å². The van der Waals surface area contributed by atoms with E-state index in [2.05, 4.69) is 21.8 Å². The molecule has 1 atom stereocenters. The highest BCUT2D eigenvalue weighted by Crippen LogP contribution is 2.32. The second-order valence-corrected chi connectivity index (χ2v) is 5.49. The van der Waals surface area contributed by atoms with Gasteiger partial charge in [0.1, 0.15) is 0 Å². The van der Waals surface area contributed by atoms with Crippen LogP contribution in [-0.2, 0) is 0 Å². The monoisotopic (exact) mass is 239 g/mol. The van der Waals surface area contributed by atoms with Gasteiger partial charge in [-0.1, -0.05) is 43.5 Å². The summed E-state index contributed by atoms with van der Waals surface area (Å²) in [4.78, 5) is 1.30. The summed E-state index contributed by atoms with van der Waals surface area (Å²) < 4.78 is 3.97. The molecule has 1 fully saturated rings. The molecule has 1 aliphatic rings. The Bertz CT molecular complexity index is 280. The maximum atomic E-state index is 3.97. The predicted molar refractivity (Wildman–Crippen MR) is 67.5 cm³/mol. The third-order valence-corrected chi connectivity index (χ3v) is 4.24. The Morgan fingerprint density at radius 2 is 2.25 bits per heavy atom. The number of hydrogen-bond donors (Lipinski definition) is 1. The lowest BCUT2D eigenvalue weighted by Gasteiger charge is -2.26. The summed E-state index contributed by atoms with van der Waals surface area (Å²) >= 11 is 1.54. The number of aromatic nitrogens is 2. The normalized spacial score (nSPS) is 19.8. The molecule has 2 rings (SSSR count). The Balaban J connectivity index is 1.91. The van der Waals surface area contributed by atoms with Crippen molar-refractivity contribution in [3.63, 3.8) is 0 Å². The van der Waals surface area contributed by atoms with Gasteiger partial charge in [0.2, 0.25) is 0 Å². The molecule has 0 radical (unpaired) electrons. The third-order valence-electron chi connectivity index (χ3n) is 3.47. The minimum absolute atomic E-state index is 0.480. The smallest absolute Gasteiger partial charge is 0.0669 e. The molecule has 0 saturated heterocycles. The maximum Gasteiger partial charge on any atom is 0.0669 e. The molecule has 0 aliphatic heterocycles. The molecule has 90 valence electrons. The summed E-state index contributed by atoms with van der Waals surface area (Å²) in [7, 11) is 0. The molecule has 16 heavy (non-hydrogen) atoms. The molecule has 3 nitrogen and oxygen atoms in total. The van der Waals surface area contributed by atoms with Gasteiger partial charge < -0.3 is 5.32 Å². The molecule has 4 heteroatoms. The van der Waals surface area contributed by atoms with E-state index in [4.69, 9.17) is 0 Å². The van der Waals surface area contributed by atoms with Crippen molar-refractivity contribution >= 4 is 11.5 Å². The van der Waals surface area contributed by atoms with E-state index in [1.54, 1.807) is 0 Å². The van der Waals surface area contributed by atoms with Gasteiger partial charge >= 0.3 is 0 Å². The molecule has 1 aromatic rings. The topological polar surface area (TPSA) is 37.8 Å². The summed E-state index contributed by atoms with van der Waals surface area (Å²) in [6.45, 7) is 3.19. The van der Waals surface area contributed by atoms with E-state index in [0.29, 0.717) is 6.04 Å². The summed E-state index contributed by atoms with van der Waals surface area (Å²) in [6, 6.07) is 0.480. The van der Waals surface area contributed by atoms with Crippen molar-refractivity contribution in [3.05, 3.63) is 11.1 Å². The zero-order chi connectivity index (χ0) is 11.2. The average Bonchev–Trinajstić information content (AvgIpc) is 2.83. The van der Waals surface area contributed by atoms with Gasteiger partial charge in [-0.3, -0.25) is 0 Å². The third kappa shape index (κ3) is 3.25. The van der Waals surface area contributed by atoms with Crippen molar-refractivity contribution in [2.45, 2.75) is 51.5 Å². The molecule has 0 aromatic carbocycles. The first-order valence-corrected chi connectivity index (χ1v) is 7.18. The van der Waals surface area contributed by atoms with E-state index in [1.807, 2.05) is 6.20 Å². The summed E-state index contributed by atoms with van der Waals surface area (Å²) in [6.07, 6.45) is 10.3. The lowest BCUT2D eigenvalue weighted by atomic mass is 9.84. The Morgan fingerprint density at radius 1 is 1.44 bits per heavy atom. The van der Waals surface area contributed by atoms with E-state index in [1.165, 1.54) is 54.9 Å². The zero-order valence-corrected chi connectivity index (χ0v) is 10.8. The molecule has 1 aliphatic carbocycles. The summed E-state index contributed by atoms with van der Waals surface area (Å²) in [5.41, 5.74) is 0. The van der Waals surface area contributed by atoms with E-state index < -0.39 is 0 Å². The van der Waals surface area contributed by atoms with Gasteiger partial charge in [-0.15, -0.1) is 5.10 Å².